The lowest BCUT2D eigenvalue weighted by atomic mass is 10.0. The highest BCUT2D eigenvalue weighted by Crippen LogP contribution is 2.33. The number of fused-ring (bicyclic) bond motifs is 1. The number of aliphatic carboxylic acids is 2. The molecule has 0 aliphatic carbocycles. The first-order chi connectivity index (χ1) is 15.4. The van der Waals surface area contributed by atoms with E-state index in [4.69, 9.17) is 11.6 Å². The normalized spacial score (nSPS) is 16.3. The Kier molecular flexibility index (Phi) is 6.74. The van der Waals surface area contributed by atoms with Crippen LogP contribution in [0.2, 0.25) is 5.02 Å². The number of hydrogen-bond donors (Lipinski definition) is 2. The van der Waals surface area contributed by atoms with Gasteiger partial charge in [0.25, 0.3) is 0 Å². The Balaban J connectivity index is 1.52. The molecule has 3 heterocycles. The highest BCUT2D eigenvalue weighted by Gasteiger charge is 2.32. The van der Waals surface area contributed by atoms with Gasteiger partial charge < -0.3 is 19.7 Å². The maximum Gasteiger partial charge on any atom is 0.325 e. The first kappa shape index (κ1) is 22.3. The Morgan fingerprint density at radius 1 is 1.06 bits per heavy atom. The highest BCUT2D eigenvalue weighted by atomic mass is 35.5. The maximum absolute atomic E-state index is 12.3. The minimum atomic E-state index is -0.997. The number of carbonyl (C=O) groups is 2. The Bertz CT molecular complexity index is 1110. The molecule has 4 rings (SSSR count). The number of benzene rings is 1. The van der Waals surface area contributed by atoms with Crippen molar-refractivity contribution in [2.45, 2.75) is 19.0 Å². The van der Waals surface area contributed by atoms with Crippen LogP contribution < -0.4 is 0 Å². The molecule has 1 fully saturated rings. The number of halogens is 1. The van der Waals surface area contributed by atoms with Crippen LogP contribution in [-0.2, 0) is 22.6 Å². The molecule has 1 aliphatic rings. The van der Waals surface area contributed by atoms with Crippen molar-refractivity contribution in [3.63, 3.8) is 0 Å². The van der Waals surface area contributed by atoms with E-state index >= 15 is 0 Å². The van der Waals surface area contributed by atoms with Gasteiger partial charge in [0.05, 0.1) is 5.52 Å². The lowest BCUT2D eigenvalue weighted by Crippen LogP contribution is -2.49. The van der Waals surface area contributed by atoms with E-state index in [9.17, 15) is 19.8 Å². The number of nitrogens with zero attached hydrogens (tertiary/aromatic N) is 4. The monoisotopic (exact) mass is 456 g/mol. The molecule has 2 N–H and O–H groups in total. The van der Waals surface area contributed by atoms with Crippen LogP contribution in [0.5, 0.6) is 0 Å². The summed E-state index contributed by atoms with van der Waals surface area (Å²) in [6.07, 6.45) is 6.15. The van der Waals surface area contributed by atoms with E-state index in [-0.39, 0.29) is 6.54 Å². The van der Waals surface area contributed by atoms with Crippen LogP contribution in [0, 0.1) is 0 Å². The summed E-state index contributed by atoms with van der Waals surface area (Å²) in [6, 6.07) is 8.32. The topological polar surface area (TPSA) is 98.9 Å². The fourth-order valence-corrected chi connectivity index (χ4v) is 4.52. The van der Waals surface area contributed by atoms with E-state index in [1.807, 2.05) is 17.0 Å². The van der Waals surface area contributed by atoms with Gasteiger partial charge >= 0.3 is 11.9 Å². The van der Waals surface area contributed by atoms with Crippen molar-refractivity contribution in [3.8, 4) is 0 Å². The van der Waals surface area contributed by atoms with Gasteiger partial charge in [-0.3, -0.25) is 19.5 Å². The molecular weight excluding hydrogens is 432 g/mol. The van der Waals surface area contributed by atoms with Crippen molar-refractivity contribution >= 4 is 34.4 Å². The molecule has 168 valence electrons. The number of aromatic nitrogens is 2. The van der Waals surface area contributed by atoms with Crippen LogP contribution >= 0.6 is 11.6 Å². The summed E-state index contributed by atoms with van der Waals surface area (Å²) in [7, 11) is 0. The number of carboxylic acid groups (broad SMARTS) is 2. The van der Waals surface area contributed by atoms with Crippen LogP contribution in [0.4, 0.5) is 0 Å². The summed E-state index contributed by atoms with van der Waals surface area (Å²) in [5.74, 6) is -1.94. The van der Waals surface area contributed by atoms with Gasteiger partial charge in [-0.25, -0.2) is 0 Å². The van der Waals surface area contributed by atoms with E-state index < -0.39 is 18.0 Å². The molecule has 8 nitrogen and oxygen atoms in total. The average molecular weight is 457 g/mol. The van der Waals surface area contributed by atoms with Gasteiger partial charge in [-0.2, -0.15) is 0 Å². The zero-order valence-corrected chi connectivity index (χ0v) is 18.3. The molecule has 0 unspecified atom stereocenters. The quantitative estimate of drug-likeness (QED) is 0.537. The second-order valence-electron chi connectivity index (χ2n) is 7.99. The van der Waals surface area contributed by atoms with Gasteiger partial charge in [-0.15, -0.1) is 0 Å². The predicted molar refractivity (Wildman–Crippen MR) is 121 cm³/mol. The van der Waals surface area contributed by atoms with E-state index in [1.54, 1.807) is 41.4 Å². The molecule has 3 aromatic rings. The molecule has 0 saturated carbocycles. The molecule has 2 aromatic heterocycles. The zero-order chi connectivity index (χ0) is 22.7. The van der Waals surface area contributed by atoms with Gasteiger partial charge in [0, 0.05) is 67.3 Å². The minimum absolute atomic E-state index is 0.258. The van der Waals surface area contributed by atoms with Crippen molar-refractivity contribution < 1.29 is 19.8 Å². The van der Waals surface area contributed by atoms with Gasteiger partial charge in [-0.05, 0) is 36.2 Å². The third-order valence-corrected chi connectivity index (χ3v) is 6.18. The molecule has 0 spiro atoms. The summed E-state index contributed by atoms with van der Waals surface area (Å²) >= 11 is 6.12. The summed E-state index contributed by atoms with van der Waals surface area (Å²) in [6.45, 7) is 3.43. The average Bonchev–Trinajstić information content (AvgIpc) is 3.10. The second-order valence-corrected chi connectivity index (χ2v) is 8.43. The summed E-state index contributed by atoms with van der Waals surface area (Å²) < 4.78 is 1.56. The number of hydrogen-bond acceptors (Lipinski definition) is 5. The van der Waals surface area contributed by atoms with Gasteiger partial charge in [-0.1, -0.05) is 17.7 Å². The van der Waals surface area contributed by atoms with Crippen molar-refractivity contribution in [2.75, 3.05) is 32.7 Å². The van der Waals surface area contributed by atoms with Crippen molar-refractivity contribution in [2.24, 2.45) is 0 Å². The molecule has 32 heavy (non-hydrogen) atoms. The number of carboxylic acids is 2. The third kappa shape index (κ3) is 4.93. The highest BCUT2D eigenvalue weighted by molar-refractivity contribution is 6.31. The Labute approximate surface area is 190 Å². The molecule has 1 aliphatic heterocycles. The molecule has 1 atom stereocenters. The number of rotatable bonds is 8. The van der Waals surface area contributed by atoms with Crippen LogP contribution in [0.15, 0.2) is 48.9 Å². The molecule has 0 radical (unpaired) electrons. The third-order valence-electron chi connectivity index (χ3n) is 5.95. The van der Waals surface area contributed by atoms with Crippen molar-refractivity contribution in [3.05, 3.63) is 65.1 Å². The van der Waals surface area contributed by atoms with Gasteiger partial charge in [0.1, 0.15) is 12.6 Å². The summed E-state index contributed by atoms with van der Waals surface area (Å²) in [5.41, 5.74) is 2.45. The van der Waals surface area contributed by atoms with Crippen LogP contribution in [0.25, 0.3) is 10.9 Å². The molecule has 9 heteroatoms. The number of pyridine rings is 1. The van der Waals surface area contributed by atoms with Crippen LogP contribution in [0.3, 0.4) is 0 Å². The summed E-state index contributed by atoms with van der Waals surface area (Å²) in [5, 5.41) is 20.5. The van der Waals surface area contributed by atoms with Crippen molar-refractivity contribution in [1.29, 1.82) is 0 Å². The zero-order valence-electron chi connectivity index (χ0n) is 17.5. The van der Waals surface area contributed by atoms with E-state index in [2.05, 4.69) is 9.88 Å². The first-order valence-corrected chi connectivity index (χ1v) is 10.9. The Hall–Kier alpha value is -2.94. The lowest BCUT2D eigenvalue weighted by Gasteiger charge is -2.37. The summed E-state index contributed by atoms with van der Waals surface area (Å²) in [4.78, 5) is 32.0. The lowest BCUT2D eigenvalue weighted by molar-refractivity contribution is -0.144. The molecule has 0 bridgehead atoms. The van der Waals surface area contributed by atoms with Gasteiger partial charge in [0.15, 0.2) is 0 Å². The van der Waals surface area contributed by atoms with E-state index in [0.29, 0.717) is 34.6 Å². The second kappa shape index (κ2) is 9.68. The molecule has 0 amide bonds. The molecular formula is C23H25ClN4O4. The molecule has 1 aromatic carbocycles. The standard InChI is InChI=1S/C23H25ClN4O4/c24-17-1-2-18-19(14-28(15-21(29)30)20(18)13-17)22(23(31)32)27-11-9-26(10-12-27)8-5-16-3-6-25-7-4-16/h1-4,6-7,13-14,22H,5,8-12,15H2,(H,29,30)(H,31,32)/t22-/m1/s1. The molecule has 1 saturated heterocycles. The smallest absolute Gasteiger partial charge is 0.325 e. The maximum atomic E-state index is 12.3. The Morgan fingerprint density at radius 2 is 1.78 bits per heavy atom. The fraction of sp³-hybridized carbons (Fsp3) is 0.348. The van der Waals surface area contributed by atoms with Crippen LogP contribution in [0.1, 0.15) is 17.2 Å². The minimum Gasteiger partial charge on any atom is -0.480 e. The van der Waals surface area contributed by atoms with Crippen molar-refractivity contribution in [1.82, 2.24) is 19.4 Å². The van der Waals surface area contributed by atoms with E-state index in [0.717, 1.165) is 26.1 Å². The van der Waals surface area contributed by atoms with E-state index in [1.165, 1.54) is 5.56 Å². The first-order valence-electron chi connectivity index (χ1n) is 10.5. The predicted octanol–water partition coefficient (Wildman–Crippen LogP) is 2.76. The Morgan fingerprint density at radius 3 is 2.44 bits per heavy atom. The fourth-order valence-electron chi connectivity index (χ4n) is 4.36. The van der Waals surface area contributed by atoms with Crippen LogP contribution in [-0.4, -0.2) is 74.2 Å². The largest absolute Gasteiger partial charge is 0.480 e. The SMILES string of the molecule is O=C(O)Cn1cc([C@H](C(=O)O)N2CCN(CCc3ccncc3)CC2)c2ccc(Cl)cc21. The van der Waals surface area contributed by atoms with Gasteiger partial charge in [0.2, 0.25) is 0 Å². The number of piperazine rings is 1.